The van der Waals surface area contributed by atoms with Gasteiger partial charge in [0.15, 0.2) is 11.5 Å². The zero-order chi connectivity index (χ0) is 19.4. The summed E-state index contributed by atoms with van der Waals surface area (Å²) in [5, 5.41) is 4.27. The number of rotatable bonds is 2. The molecule has 2 heterocycles. The summed E-state index contributed by atoms with van der Waals surface area (Å²) in [4.78, 5) is 4.86. The van der Waals surface area contributed by atoms with Crippen molar-refractivity contribution in [1.29, 1.82) is 0 Å². The largest absolute Gasteiger partial charge is 0.454 e. The Bertz CT molecular complexity index is 1280. The Morgan fingerprint density at radius 2 is 1.34 bits per heavy atom. The van der Waals surface area contributed by atoms with E-state index in [-0.39, 0.29) is 0 Å². The van der Waals surface area contributed by atoms with Gasteiger partial charge in [0.05, 0.1) is 0 Å². The zero-order valence-electron chi connectivity index (χ0n) is 16.0. The second-order valence-corrected chi connectivity index (χ2v) is 7.35. The van der Waals surface area contributed by atoms with Crippen molar-refractivity contribution in [2.75, 3.05) is 0 Å². The summed E-state index contributed by atoms with van der Waals surface area (Å²) in [5.74, 6) is 0.314. The number of fused-ring (bicyclic) bond motifs is 8. The van der Waals surface area contributed by atoms with Crippen LogP contribution in [-0.4, -0.2) is 17.9 Å². The maximum absolute atomic E-state index is 6.52. The molecule has 0 saturated carbocycles. The standard InChI is InChI=1S/C25H19NO3/c1-2-25-26-21(16-10-4-3-5-11-16)24(29-25)27-22-19-14-8-6-12-17(19)18-13-7-9-15-20(18)23(22)28-25/h3-15,24H,2H2,1H3/t24-,25+/m1/s1. The molecule has 2 aliphatic heterocycles. The first-order valence-electron chi connectivity index (χ1n) is 9.90. The molecule has 2 aliphatic rings. The Kier molecular flexibility index (Phi) is 3.46. The summed E-state index contributed by atoms with van der Waals surface area (Å²) in [6.45, 7) is 2.02. The van der Waals surface area contributed by atoms with Gasteiger partial charge in [-0.15, -0.1) is 0 Å². The number of nitrogens with zero attached hydrogens (tertiary/aromatic N) is 1. The van der Waals surface area contributed by atoms with E-state index in [1.807, 2.05) is 61.5 Å². The Morgan fingerprint density at radius 1 is 0.759 bits per heavy atom. The molecular weight excluding hydrogens is 362 g/mol. The molecule has 0 aliphatic carbocycles. The van der Waals surface area contributed by atoms with Crippen LogP contribution in [0.15, 0.2) is 83.9 Å². The Morgan fingerprint density at radius 3 is 2.00 bits per heavy atom. The fourth-order valence-corrected chi connectivity index (χ4v) is 4.22. The van der Waals surface area contributed by atoms with Gasteiger partial charge in [0.25, 0.3) is 0 Å². The normalized spacial score (nSPS) is 22.5. The van der Waals surface area contributed by atoms with Crippen LogP contribution in [0.5, 0.6) is 11.5 Å². The fraction of sp³-hybridized carbons (Fsp3) is 0.160. The van der Waals surface area contributed by atoms with Crippen molar-refractivity contribution in [2.24, 2.45) is 4.99 Å². The first-order chi connectivity index (χ1) is 14.3. The van der Waals surface area contributed by atoms with Crippen molar-refractivity contribution < 1.29 is 14.2 Å². The van der Waals surface area contributed by atoms with Gasteiger partial charge in [-0.05, 0) is 10.8 Å². The highest BCUT2D eigenvalue weighted by Gasteiger charge is 2.48. The van der Waals surface area contributed by atoms with Crippen LogP contribution in [0, 0.1) is 0 Å². The summed E-state index contributed by atoms with van der Waals surface area (Å²) in [6.07, 6.45) is -0.0489. The van der Waals surface area contributed by atoms with Crippen LogP contribution in [0.1, 0.15) is 18.9 Å². The highest BCUT2D eigenvalue weighted by atomic mass is 16.8. The minimum atomic E-state index is -1.09. The Hall–Kier alpha value is -3.37. The van der Waals surface area contributed by atoms with Crippen LogP contribution in [0.2, 0.25) is 0 Å². The van der Waals surface area contributed by atoms with E-state index in [0.29, 0.717) is 17.9 Å². The second kappa shape index (κ2) is 6.06. The van der Waals surface area contributed by atoms with E-state index in [4.69, 9.17) is 19.2 Å². The molecule has 142 valence electrons. The second-order valence-electron chi connectivity index (χ2n) is 7.35. The summed E-state index contributed by atoms with van der Waals surface area (Å²) >= 11 is 0. The number of ether oxygens (including phenoxy) is 3. The van der Waals surface area contributed by atoms with Gasteiger partial charge in [-0.2, -0.15) is 0 Å². The van der Waals surface area contributed by atoms with E-state index < -0.39 is 12.2 Å². The van der Waals surface area contributed by atoms with E-state index in [1.54, 1.807) is 0 Å². The van der Waals surface area contributed by atoms with Gasteiger partial charge in [0.2, 0.25) is 6.29 Å². The summed E-state index contributed by atoms with van der Waals surface area (Å²) in [5.41, 5.74) is 1.74. The lowest BCUT2D eigenvalue weighted by molar-refractivity contribution is -0.201. The number of benzene rings is 4. The van der Waals surface area contributed by atoms with E-state index in [0.717, 1.165) is 32.8 Å². The van der Waals surface area contributed by atoms with Crippen LogP contribution in [0.3, 0.4) is 0 Å². The van der Waals surface area contributed by atoms with E-state index in [9.17, 15) is 0 Å². The van der Waals surface area contributed by atoms with E-state index in [2.05, 4.69) is 24.3 Å². The van der Waals surface area contributed by atoms with Crippen molar-refractivity contribution in [3.05, 3.63) is 84.4 Å². The molecule has 29 heavy (non-hydrogen) atoms. The minimum absolute atomic E-state index is 0.573. The average molecular weight is 381 g/mol. The van der Waals surface area contributed by atoms with Gasteiger partial charge < -0.3 is 9.47 Å². The predicted molar refractivity (Wildman–Crippen MR) is 114 cm³/mol. The third kappa shape index (κ3) is 2.39. The monoisotopic (exact) mass is 381 g/mol. The summed E-state index contributed by atoms with van der Waals surface area (Å²) in [7, 11) is 0. The molecule has 4 heteroatoms. The topological polar surface area (TPSA) is 40.0 Å². The molecular formula is C25H19NO3. The van der Waals surface area contributed by atoms with Gasteiger partial charge in [-0.25, -0.2) is 4.99 Å². The fourth-order valence-electron chi connectivity index (χ4n) is 4.22. The highest BCUT2D eigenvalue weighted by molar-refractivity contribution is 6.14. The average Bonchev–Trinajstić information content (AvgIpc) is 3.04. The summed E-state index contributed by atoms with van der Waals surface area (Å²) < 4.78 is 19.3. The van der Waals surface area contributed by atoms with Crippen molar-refractivity contribution >= 4 is 27.3 Å². The predicted octanol–water partition coefficient (Wildman–Crippen LogP) is 5.67. The van der Waals surface area contributed by atoms with Crippen LogP contribution >= 0.6 is 0 Å². The molecule has 0 unspecified atom stereocenters. The number of aliphatic imine (C=N–C) groups is 1. The molecule has 6 rings (SSSR count). The molecule has 0 spiro atoms. The van der Waals surface area contributed by atoms with Gasteiger partial charge in [-0.3, -0.25) is 4.74 Å². The molecule has 0 amide bonds. The van der Waals surface area contributed by atoms with Crippen molar-refractivity contribution in [2.45, 2.75) is 25.5 Å². The van der Waals surface area contributed by atoms with Crippen molar-refractivity contribution in [3.63, 3.8) is 0 Å². The lowest BCUT2D eigenvalue weighted by atomic mass is 9.99. The maximum atomic E-state index is 6.52. The van der Waals surface area contributed by atoms with Crippen LogP contribution in [0.4, 0.5) is 0 Å². The molecule has 2 bridgehead atoms. The van der Waals surface area contributed by atoms with E-state index in [1.165, 1.54) is 0 Å². The molecule has 4 aromatic rings. The lowest BCUT2D eigenvalue weighted by Gasteiger charge is -2.24. The van der Waals surface area contributed by atoms with Crippen LogP contribution in [-0.2, 0) is 4.74 Å². The van der Waals surface area contributed by atoms with Crippen LogP contribution in [0.25, 0.3) is 21.5 Å². The molecule has 0 aromatic heterocycles. The third-order valence-electron chi connectivity index (χ3n) is 5.65. The first kappa shape index (κ1) is 16.6. The molecule has 0 radical (unpaired) electrons. The van der Waals surface area contributed by atoms with Gasteiger partial charge in [-0.1, -0.05) is 85.8 Å². The molecule has 4 aromatic carbocycles. The third-order valence-corrected chi connectivity index (χ3v) is 5.65. The molecule has 2 atom stereocenters. The number of hydrogen-bond acceptors (Lipinski definition) is 4. The molecule has 0 saturated heterocycles. The van der Waals surface area contributed by atoms with Crippen LogP contribution < -0.4 is 9.47 Å². The first-order valence-corrected chi connectivity index (χ1v) is 9.90. The lowest BCUT2D eigenvalue weighted by Crippen LogP contribution is -2.35. The zero-order valence-corrected chi connectivity index (χ0v) is 16.0. The minimum Gasteiger partial charge on any atom is -0.454 e. The quantitative estimate of drug-likeness (QED) is 0.420. The molecule has 4 nitrogen and oxygen atoms in total. The SMILES string of the molecule is CC[C@]12N=C(c3ccccc3)[C@H](Oc3c(c4ccccc4c4ccccc34)O1)O2. The van der Waals surface area contributed by atoms with Crippen molar-refractivity contribution in [3.8, 4) is 11.5 Å². The Labute approximate surface area is 168 Å². The summed E-state index contributed by atoms with van der Waals surface area (Å²) in [6, 6.07) is 26.5. The number of hydrogen-bond donors (Lipinski definition) is 0. The maximum Gasteiger partial charge on any atom is 0.315 e. The highest BCUT2D eigenvalue weighted by Crippen LogP contribution is 2.49. The van der Waals surface area contributed by atoms with Gasteiger partial charge in [0, 0.05) is 22.8 Å². The van der Waals surface area contributed by atoms with Gasteiger partial charge in [0.1, 0.15) is 5.71 Å². The van der Waals surface area contributed by atoms with Gasteiger partial charge >= 0.3 is 5.91 Å². The molecule has 0 fully saturated rings. The molecule has 0 N–H and O–H groups in total. The Balaban J connectivity index is 1.63. The van der Waals surface area contributed by atoms with E-state index >= 15 is 0 Å². The smallest absolute Gasteiger partial charge is 0.315 e. The van der Waals surface area contributed by atoms with Crippen molar-refractivity contribution in [1.82, 2.24) is 0 Å².